The van der Waals surface area contributed by atoms with E-state index in [1.54, 1.807) is 46.9 Å². The molecule has 0 bridgehead atoms. The minimum Gasteiger partial charge on any atom is -0.348 e. The van der Waals surface area contributed by atoms with Crippen molar-refractivity contribution < 1.29 is 4.79 Å². The predicted octanol–water partition coefficient (Wildman–Crippen LogP) is 2.81. The molecule has 1 N–H and O–H groups in total. The highest BCUT2D eigenvalue weighted by molar-refractivity contribution is 7.17. The molecule has 6 nitrogen and oxygen atoms in total. The van der Waals surface area contributed by atoms with Gasteiger partial charge in [0.15, 0.2) is 0 Å². The predicted molar refractivity (Wildman–Crippen MR) is 92.1 cm³/mol. The van der Waals surface area contributed by atoms with E-state index in [1.807, 2.05) is 6.07 Å². The summed E-state index contributed by atoms with van der Waals surface area (Å²) in [5.74, 6) is 0.516. The largest absolute Gasteiger partial charge is 0.348 e. The number of carbonyl (C=O) groups excluding carboxylic acids is 1. The maximum Gasteiger partial charge on any atom is 0.253 e. The summed E-state index contributed by atoms with van der Waals surface area (Å²) in [5, 5.41) is 13.6. The summed E-state index contributed by atoms with van der Waals surface area (Å²) in [7, 11) is 0. The van der Waals surface area contributed by atoms with Crippen LogP contribution < -0.4 is 5.32 Å². The molecule has 0 aliphatic carbocycles. The number of thiophene rings is 1. The Morgan fingerprint density at radius 2 is 2.00 bits per heavy atom. The number of hydrogen-bond acceptors (Lipinski definition) is 5. The highest BCUT2D eigenvalue weighted by Gasteiger charge is 2.07. The van der Waals surface area contributed by atoms with Gasteiger partial charge in [0, 0.05) is 17.4 Å². The second-order valence-corrected chi connectivity index (χ2v) is 6.20. The van der Waals surface area contributed by atoms with Crippen LogP contribution in [0.25, 0.3) is 15.9 Å². The zero-order valence-electron chi connectivity index (χ0n) is 12.6. The molecule has 0 fully saturated rings. The molecule has 3 heterocycles. The molecule has 0 atom stereocenters. The molecule has 4 aromatic rings. The number of carbonyl (C=O) groups is 1. The Kier molecular flexibility index (Phi) is 3.76. The fourth-order valence-corrected chi connectivity index (χ4v) is 3.17. The van der Waals surface area contributed by atoms with Gasteiger partial charge in [-0.25, -0.2) is 4.98 Å². The lowest BCUT2D eigenvalue weighted by Crippen LogP contribution is -2.23. The van der Waals surface area contributed by atoms with Gasteiger partial charge in [-0.1, -0.05) is 6.07 Å². The lowest BCUT2D eigenvalue weighted by molar-refractivity contribution is 0.0950. The molecule has 0 saturated heterocycles. The standard InChI is InChI=1S/C17H13N5OS/c23-17(14-2-4-16(18-9-14)22-10-20-21-11-22)19-8-12-1-3-15-13(7-12)5-6-24-15/h1-7,9-11H,8H2,(H,19,23). The van der Waals surface area contributed by atoms with E-state index in [-0.39, 0.29) is 5.91 Å². The van der Waals surface area contributed by atoms with E-state index in [0.29, 0.717) is 17.9 Å². The van der Waals surface area contributed by atoms with E-state index in [4.69, 9.17) is 0 Å². The summed E-state index contributed by atoms with van der Waals surface area (Å²) in [6.45, 7) is 0.484. The van der Waals surface area contributed by atoms with Gasteiger partial charge in [0.25, 0.3) is 5.91 Å². The molecule has 4 rings (SSSR count). The quantitative estimate of drug-likeness (QED) is 0.622. The van der Waals surface area contributed by atoms with Crippen molar-refractivity contribution in [3.05, 3.63) is 71.8 Å². The van der Waals surface area contributed by atoms with Gasteiger partial charge in [-0.05, 0) is 46.7 Å². The van der Waals surface area contributed by atoms with E-state index >= 15 is 0 Å². The van der Waals surface area contributed by atoms with E-state index in [0.717, 1.165) is 5.56 Å². The third kappa shape index (κ3) is 2.89. The number of aromatic nitrogens is 4. The molecular formula is C17H13N5OS. The van der Waals surface area contributed by atoms with Gasteiger partial charge in [0.05, 0.1) is 5.56 Å². The van der Waals surface area contributed by atoms with Crippen molar-refractivity contribution in [3.8, 4) is 5.82 Å². The topological polar surface area (TPSA) is 72.7 Å². The SMILES string of the molecule is O=C(NCc1ccc2sccc2c1)c1ccc(-n2cnnc2)nc1. The molecule has 1 aromatic carbocycles. The van der Waals surface area contributed by atoms with Crippen LogP contribution in [0.1, 0.15) is 15.9 Å². The average molecular weight is 335 g/mol. The summed E-state index contributed by atoms with van der Waals surface area (Å²) in [6.07, 6.45) is 4.66. The van der Waals surface area contributed by atoms with Crippen LogP contribution in [-0.4, -0.2) is 25.7 Å². The first kappa shape index (κ1) is 14.5. The molecule has 24 heavy (non-hydrogen) atoms. The lowest BCUT2D eigenvalue weighted by atomic mass is 10.1. The smallest absolute Gasteiger partial charge is 0.253 e. The van der Waals surface area contributed by atoms with Crippen LogP contribution in [0.3, 0.4) is 0 Å². The summed E-state index contributed by atoms with van der Waals surface area (Å²) in [6, 6.07) is 11.8. The Morgan fingerprint density at radius 1 is 1.12 bits per heavy atom. The van der Waals surface area contributed by atoms with Gasteiger partial charge < -0.3 is 5.32 Å². The number of pyridine rings is 1. The highest BCUT2D eigenvalue weighted by atomic mass is 32.1. The lowest BCUT2D eigenvalue weighted by Gasteiger charge is -2.06. The number of hydrogen-bond donors (Lipinski definition) is 1. The summed E-state index contributed by atoms with van der Waals surface area (Å²) >= 11 is 1.71. The molecular weight excluding hydrogens is 322 g/mol. The highest BCUT2D eigenvalue weighted by Crippen LogP contribution is 2.21. The summed E-state index contributed by atoms with van der Waals surface area (Å²) < 4.78 is 2.93. The maximum atomic E-state index is 12.2. The van der Waals surface area contributed by atoms with Crippen molar-refractivity contribution >= 4 is 27.3 Å². The van der Waals surface area contributed by atoms with Gasteiger partial charge in [-0.15, -0.1) is 21.5 Å². The molecule has 0 aliphatic heterocycles. The van der Waals surface area contributed by atoms with E-state index < -0.39 is 0 Å². The van der Waals surface area contributed by atoms with Gasteiger partial charge in [0.2, 0.25) is 0 Å². The molecule has 118 valence electrons. The normalized spacial score (nSPS) is 10.8. The molecule has 0 saturated carbocycles. The molecule has 3 aromatic heterocycles. The number of nitrogens with zero attached hydrogens (tertiary/aromatic N) is 4. The van der Waals surface area contributed by atoms with Crippen LogP contribution >= 0.6 is 11.3 Å². The number of rotatable bonds is 4. The van der Waals surface area contributed by atoms with Crippen LogP contribution in [0.4, 0.5) is 0 Å². The Morgan fingerprint density at radius 3 is 2.79 bits per heavy atom. The van der Waals surface area contributed by atoms with Crippen molar-refractivity contribution in [3.63, 3.8) is 0 Å². The van der Waals surface area contributed by atoms with E-state index in [9.17, 15) is 4.79 Å². The first-order chi connectivity index (χ1) is 11.8. The van der Waals surface area contributed by atoms with Crippen LogP contribution in [0.5, 0.6) is 0 Å². The van der Waals surface area contributed by atoms with Crippen LogP contribution in [-0.2, 0) is 6.54 Å². The fraction of sp³-hybridized carbons (Fsp3) is 0.0588. The minimum atomic E-state index is -0.150. The van der Waals surface area contributed by atoms with Gasteiger partial charge in [-0.3, -0.25) is 9.36 Å². The number of amides is 1. The van der Waals surface area contributed by atoms with Gasteiger partial charge >= 0.3 is 0 Å². The van der Waals surface area contributed by atoms with Crippen molar-refractivity contribution in [1.29, 1.82) is 0 Å². The minimum absolute atomic E-state index is 0.150. The summed E-state index contributed by atoms with van der Waals surface area (Å²) in [4.78, 5) is 16.5. The third-order valence-electron chi connectivity index (χ3n) is 3.66. The Balaban J connectivity index is 1.43. The monoisotopic (exact) mass is 335 g/mol. The number of nitrogens with one attached hydrogen (secondary N) is 1. The zero-order chi connectivity index (χ0) is 16.4. The van der Waals surface area contributed by atoms with Crippen molar-refractivity contribution in [2.75, 3.05) is 0 Å². The van der Waals surface area contributed by atoms with Crippen molar-refractivity contribution in [2.24, 2.45) is 0 Å². The molecule has 0 spiro atoms. The van der Waals surface area contributed by atoms with Crippen LogP contribution in [0.15, 0.2) is 60.6 Å². The number of fused-ring (bicyclic) bond motifs is 1. The number of benzene rings is 1. The van der Waals surface area contributed by atoms with E-state index in [2.05, 4.69) is 44.1 Å². The van der Waals surface area contributed by atoms with Gasteiger partial charge in [0.1, 0.15) is 18.5 Å². The molecule has 0 unspecified atom stereocenters. The van der Waals surface area contributed by atoms with Crippen LogP contribution in [0, 0.1) is 0 Å². The fourth-order valence-electron chi connectivity index (χ4n) is 2.40. The second kappa shape index (κ2) is 6.21. The van der Waals surface area contributed by atoms with Gasteiger partial charge in [-0.2, -0.15) is 0 Å². The Labute approximate surface area is 141 Å². The molecule has 7 heteroatoms. The van der Waals surface area contributed by atoms with E-state index in [1.165, 1.54) is 10.1 Å². The molecule has 0 aliphatic rings. The zero-order valence-corrected chi connectivity index (χ0v) is 13.4. The molecule has 0 radical (unpaired) electrons. The third-order valence-corrected chi connectivity index (χ3v) is 4.56. The Hall–Kier alpha value is -3.06. The maximum absolute atomic E-state index is 12.2. The first-order valence-electron chi connectivity index (χ1n) is 7.35. The average Bonchev–Trinajstić information content (AvgIpc) is 3.31. The van der Waals surface area contributed by atoms with Crippen molar-refractivity contribution in [2.45, 2.75) is 6.54 Å². The first-order valence-corrected chi connectivity index (χ1v) is 8.23. The van der Waals surface area contributed by atoms with Crippen molar-refractivity contribution in [1.82, 2.24) is 25.1 Å². The van der Waals surface area contributed by atoms with Crippen LogP contribution in [0.2, 0.25) is 0 Å². The second-order valence-electron chi connectivity index (χ2n) is 5.25. The molecule has 1 amide bonds. The summed E-state index contributed by atoms with van der Waals surface area (Å²) in [5.41, 5.74) is 1.59. The Bertz CT molecular complexity index is 976.